The molecule has 2 N–H and O–H groups in total. The van der Waals surface area contributed by atoms with Gasteiger partial charge in [0.2, 0.25) is 5.91 Å². The quantitative estimate of drug-likeness (QED) is 0.801. The summed E-state index contributed by atoms with van der Waals surface area (Å²) in [6.07, 6.45) is 3.60. The van der Waals surface area contributed by atoms with Crippen molar-refractivity contribution in [2.24, 2.45) is 0 Å². The average molecular weight is 236 g/mol. The molecule has 0 aromatic heterocycles. The molecule has 0 saturated carbocycles. The zero-order chi connectivity index (χ0) is 12.3. The highest BCUT2D eigenvalue weighted by Gasteiger charge is 2.17. The normalized spacial score (nSPS) is 17.0. The van der Waals surface area contributed by atoms with Gasteiger partial charge in [-0.3, -0.25) is 4.79 Å². The number of likely N-dealkylation sites (tertiary alicyclic amines) is 1. The van der Waals surface area contributed by atoms with Crippen LogP contribution in [-0.4, -0.2) is 17.4 Å². The Labute approximate surface area is 100 Å². The van der Waals surface area contributed by atoms with Crippen molar-refractivity contribution >= 4 is 11.6 Å². The third-order valence-corrected chi connectivity index (χ3v) is 3.11. The van der Waals surface area contributed by atoms with Crippen molar-refractivity contribution < 1.29 is 9.18 Å². The van der Waals surface area contributed by atoms with Crippen LogP contribution in [0.5, 0.6) is 0 Å². The summed E-state index contributed by atoms with van der Waals surface area (Å²) in [6.45, 7) is 1.08. The maximum atomic E-state index is 13.6. The van der Waals surface area contributed by atoms with Crippen LogP contribution in [0.25, 0.3) is 0 Å². The van der Waals surface area contributed by atoms with E-state index in [0.717, 1.165) is 25.8 Å². The van der Waals surface area contributed by atoms with Gasteiger partial charge < -0.3 is 10.6 Å². The maximum Gasteiger partial charge on any atom is 0.222 e. The van der Waals surface area contributed by atoms with Crippen LogP contribution in [0.15, 0.2) is 18.2 Å². The van der Waals surface area contributed by atoms with Crippen LogP contribution < -0.4 is 5.73 Å². The highest BCUT2D eigenvalue weighted by Crippen LogP contribution is 2.17. The van der Waals surface area contributed by atoms with E-state index in [1.54, 1.807) is 17.0 Å². The van der Waals surface area contributed by atoms with E-state index in [4.69, 9.17) is 5.73 Å². The molecule has 3 nitrogen and oxygen atoms in total. The summed E-state index contributed by atoms with van der Waals surface area (Å²) in [7, 11) is 0. The summed E-state index contributed by atoms with van der Waals surface area (Å²) in [4.78, 5) is 13.5. The molecule has 4 heteroatoms. The van der Waals surface area contributed by atoms with Gasteiger partial charge in [0.15, 0.2) is 0 Å². The Morgan fingerprint density at radius 1 is 1.29 bits per heavy atom. The maximum absolute atomic E-state index is 13.6. The average Bonchev–Trinajstić information content (AvgIpc) is 2.48. The fourth-order valence-electron chi connectivity index (χ4n) is 2.10. The van der Waals surface area contributed by atoms with Gasteiger partial charge in [-0.1, -0.05) is 12.5 Å². The van der Waals surface area contributed by atoms with Crippen molar-refractivity contribution in [3.05, 3.63) is 29.6 Å². The first kappa shape index (κ1) is 11.9. The zero-order valence-corrected chi connectivity index (χ0v) is 9.79. The number of halogens is 1. The van der Waals surface area contributed by atoms with Gasteiger partial charge >= 0.3 is 0 Å². The van der Waals surface area contributed by atoms with E-state index in [1.165, 1.54) is 6.07 Å². The zero-order valence-electron chi connectivity index (χ0n) is 9.79. The lowest BCUT2D eigenvalue weighted by molar-refractivity contribution is -0.131. The molecule has 1 saturated heterocycles. The number of anilines is 1. The van der Waals surface area contributed by atoms with Crippen LogP contribution in [0.4, 0.5) is 10.1 Å². The molecule has 1 aromatic carbocycles. The molecule has 0 unspecified atom stereocenters. The Bertz CT molecular complexity index is 420. The number of hydrogen-bond donors (Lipinski definition) is 1. The summed E-state index contributed by atoms with van der Waals surface area (Å²) < 4.78 is 13.6. The first-order valence-corrected chi connectivity index (χ1v) is 5.98. The topological polar surface area (TPSA) is 46.3 Å². The molecule has 1 aliphatic rings. The molecule has 0 spiro atoms. The standard InChI is InChI=1S/C13H17FN2O/c14-12-8-11(15)6-5-10(12)9-16-7-3-1-2-4-13(16)17/h5-6,8H,1-4,7,9,15H2. The summed E-state index contributed by atoms with van der Waals surface area (Å²) in [6, 6.07) is 4.63. The summed E-state index contributed by atoms with van der Waals surface area (Å²) in [5.74, 6) is -0.208. The van der Waals surface area contributed by atoms with Gasteiger partial charge in [0.1, 0.15) is 5.82 Å². The Balaban J connectivity index is 2.10. The number of nitrogens with zero attached hydrogens (tertiary/aromatic N) is 1. The molecule has 0 radical (unpaired) electrons. The van der Waals surface area contributed by atoms with E-state index in [9.17, 15) is 9.18 Å². The molecule has 1 fully saturated rings. The number of carbonyl (C=O) groups is 1. The second-order valence-corrected chi connectivity index (χ2v) is 4.48. The summed E-state index contributed by atoms with van der Waals surface area (Å²) in [5, 5.41) is 0. The fourth-order valence-corrected chi connectivity index (χ4v) is 2.10. The predicted molar refractivity (Wildman–Crippen MR) is 64.7 cm³/mol. The number of amides is 1. The van der Waals surface area contributed by atoms with Crippen LogP contribution in [0, 0.1) is 5.82 Å². The molecule has 0 aliphatic carbocycles. The molecule has 1 amide bonds. The number of carbonyl (C=O) groups excluding carboxylic acids is 1. The van der Waals surface area contributed by atoms with Crippen LogP contribution in [0.3, 0.4) is 0 Å². The molecule has 1 heterocycles. The third-order valence-electron chi connectivity index (χ3n) is 3.11. The minimum absolute atomic E-state index is 0.124. The van der Waals surface area contributed by atoms with Crippen LogP contribution in [-0.2, 0) is 11.3 Å². The van der Waals surface area contributed by atoms with Crippen molar-refractivity contribution in [2.45, 2.75) is 32.2 Å². The largest absolute Gasteiger partial charge is 0.399 e. The second kappa shape index (κ2) is 5.17. The molecular weight excluding hydrogens is 219 g/mol. The first-order valence-electron chi connectivity index (χ1n) is 5.98. The van der Waals surface area contributed by atoms with Gasteiger partial charge in [0.25, 0.3) is 0 Å². The van der Waals surface area contributed by atoms with E-state index >= 15 is 0 Å². The van der Waals surface area contributed by atoms with E-state index < -0.39 is 0 Å². The van der Waals surface area contributed by atoms with Gasteiger partial charge in [0, 0.05) is 30.8 Å². The molecule has 17 heavy (non-hydrogen) atoms. The molecule has 92 valence electrons. The monoisotopic (exact) mass is 236 g/mol. The summed E-state index contributed by atoms with van der Waals surface area (Å²) >= 11 is 0. The van der Waals surface area contributed by atoms with E-state index in [2.05, 4.69) is 0 Å². The molecule has 0 bridgehead atoms. The molecule has 1 aliphatic heterocycles. The lowest BCUT2D eigenvalue weighted by Crippen LogP contribution is -2.30. The number of benzene rings is 1. The number of nitrogen functional groups attached to an aromatic ring is 1. The minimum atomic E-state index is -0.331. The van der Waals surface area contributed by atoms with Crippen molar-refractivity contribution in [3.63, 3.8) is 0 Å². The number of hydrogen-bond acceptors (Lipinski definition) is 2. The Morgan fingerprint density at radius 2 is 2.12 bits per heavy atom. The lowest BCUT2D eigenvalue weighted by atomic mass is 10.1. The highest BCUT2D eigenvalue weighted by molar-refractivity contribution is 5.76. The minimum Gasteiger partial charge on any atom is -0.399 e. The Kier molecular flexibility index (Phi) is 3.61. The van der Waals surface area contributed by atoms with Crippen molar-refractivity contribution in [1.29, 1.82) is 0 Å². The van der Waals surface area contributed by atoms with Gasteiger partial charge in [0.05, 0.1) is 0 Å². The first-order chi connectivity index (χ1) is 8.16. The van der Waals surface area contributed by atoms with E-state index in [0.29, 0.717) is 24.2 Å². The fraction of sp³-hybridized carbons (Fsp3) is 0.462. The van der Waals surface area contributed by atoms with E-state index in [-0.39, 0.29) is 11.7 Å². The third kappa shape index (κ3) is 2.96. The molecule has 2 rings (SSSR count). The predicted octanol–water partition coefficient (Wildman–Crippen LogP) is 2.31. The van der Waals surface area contributed by atoms with Gasteiger partial charge in [-0.05, 0) is 25.0 Å². The second-order valence-electron chi connectivity index (χ2n) is 4.48. The van der Waals surface area contributed by atoms with Gasteiger partial charge in [-0.25, -0.2) is 4.39 Å². The van der Waals surface area contributed by atoms with Crippen molar-refractivity contribution in [3.8, 4) is 0 Å². The van der Waals surface area contributed by atoms with Gasteiger partial charge in [-0.15, -0.1) is 0 Å². The molecule has 0 atom stereocenters. The van der Waals surface area contributed by atoms with Crippen LogP contribution in [0.2, 0.25) is 0 Å². The Hall–Kier alpha value is -1.58. The highest BCUT2D eigenvalue weighted by atomic mass is 19.1. The van der Waals surface area contributed by atoms with Crippen molar-refractivity contribution in [1.82, 2.24) is 4.90 Å². The van der Waals surface area contributed by atoms with Gasteiger partial charge in [-0.2, -0.15) is 0 Å². The smallest absolute Gasteiger partial charge is 0.222 e. The van der Waals surface area contributed by atoms with Crippen LogP contribution in [0.1, 0.15) is 31.2 Å². The summed E-state index contributed by atoms with van der Waals surface area (Å²) in [5.41, 5.74) is 6.44. The van der Waals surface area contributed by atoms with Crippen molar-refractivity contribution in [2.75, 3.05) is 12.3 Å². The molecular formula is C13H17FN2O. The molecule has 1 aromatic rings. The SMILES string of the molecule is Nc1ccc(CN2CCCCCC2=O)c(F)c1. The van der Waals surface area contributed by atoms with Crippen LogP contribution >= 0.6 is 0 Å². The Morgan fingerprint density at radius 3 is 2.88 bits per heavy atom. The number of rotatable bonds is 2. The number of nitrogens with two attached hydrogens (primary N) is 1. The lowest BCUT2D eigenvalue weighted by Gasteiger charge is -2.20. The van der Waals surface area contributed by atoms with E-state index in [1.807, 2.05) is 0 Å².